The first kappa shape index (κ1) is 41.4. The van der Waals surface area contributed by atoms with E-state index in [0.717, 1.165) is 70.6 Å². The summed E-state index contributed by atoms with van der Waals surface area (Å²) in [6.07, 6.45) is 41.1. The minimum Gasteiger partial charge on any atom is -0.480 e. The average molecular weight is 616 g/mol. The van der Waals surface area contributed by atoms with Crippen LogP contribution >= 0.6 is 0 Å². The number of hydrogen-bond donors (Lipinski definition) is 2. The molecule has 0 aliphatic carbocycles. The molecule has 0 aliphatic heterocycles. The smallest absolute Gasteiger partial charge is 0.322 e. The van der Waals surface area contributed by atoms with Crippen LogP contribution < -0.4 is 5.32 Å². The second-order valence-electron chi connectivity index (χ2n) is 11.8. The van der Waals surface area contributed by atoms with E-state index in [0.29, 0.717) is 12.8 Å². The Morgan fingerprint density at radius 2 is 1.16 bits per heavy atom. The van der Waals surface area contributed by atoms with Crippen molar-refractivity contribution in [3.8, 4) is 0 Å². The number of ether oxygens (including phenoxy) is 1. The molecule has 0 aromatic rings. The summed E-state index contributed by atoms with van der Waals surface area (Å²) in [7, 11) is 0. The molecule has 0 saturated carbocycles. The van der Waals surface area contributed by atoms with Crippen LogP contribution in [0.4, 0.5) is 0 Å². The Bertz CT molecular complexity index is 814. The topological polar surface area (TPSA) is 92.7 Å². The fourth-order valence-electron chi connectivity index (χ4n) is 4.79. The number of rotatable bonds is 31. The number of aliphatic carboxylic acids is 1. The molecule has 44 heavy (non-hydrogen) atoms. The largest absolute Gasteiger partial charge is 0.480 e. The zero-order valence-corrected chi connectivity index (χ0v) is 28.2. The van der Waals surface area contributed by atoms with Gasteiger partial charge < -0.3 is 15.2 Å². The third kappa shape index (κ3) is 32.3. The molecule has 6 heteroatoms. The molecule has 2 N–H and O–H groups in total. The van der Waals surface area contributed by atoms with Gasteiger partial charge in [0.2, 0.25) is 5.91 Å². The Balaban J connectivity index is 4.07. The number of hydrogen-bond acceptors (Lipinski definition) is 4. The normalized spacial score (nSPS) is 12.6. The van der Waals surface area contributed by atoms with E-state index in [-0.39, 0.29) is 24.5 Å². The number of allylic oxidation sites excluding steroid dienone is 7. The number of amides is 1. The van der Waals surface area contributed by atoms with Crippen LogP contribution in [0.5, 0.6) is 0 Å². The van der Waals surface area contributed by atoms with E-state index < -0.39 is 5.97 Å². The molecule has 0 saturated heterocycles. The van der Waals surface area contributed by atoms with Gasteiger partial charge in [-0.2, -0.15) is 0 Å². The van der Waals surface area contributed by atoms with Gasteiger partial charge in [0.15, 0.2) is 0 Å². The van der Waals surface area contributed by atoms with Crippen molar-refractivity contribution in [2.24, 2.45) is 0 Å². The van der Waals surface area contributed by atoms with Crippen LogP contribution in [0.2, 0.25) is 0 Å². The summed E-state index contributed by atoms with van der Waals surface area (Å²) in [6, 6.07) is 0. The van der Waals surface area contributed by atoms with Crippen molar-refractivity contribution in [2.45, 2.75) is 168 Å². The van der Waals surface area contributed by atoms with Crippen LogP contribution in [-0.4, -0.2) is 35.6 Å². The van der Waals surface area contributed by atoms with Crippen LogP contribution in [0.25, 0.3) is 0 Å². The van der Waals surface area contributed by atoms with Crippen molar-refractivity contribution in [1.82, 2.24) is 5.32 Å². The lowest BCUT2D eigenvalue weighted by molar-refractivity contribution is -0.147. The lowest BCUT2D eigenvalue weighted by Crippen LogP contribution is -2.28. The summed E-state index contributed by atoms with van der Waals surface area (Å²) in [5.41, 5.74) is 0. The van der Waals surface area contributed by atoms with Crippen LogP contribution in [-0.2, 0) is 19.1 Å². The molecular formula is C38H65NO5. The highest BCUT2D eigenvalue weighted by Gasteiger charge is 2.11. The number of esters is 1. The number of carboxylic acid groups (broad SMARTS) is 1. The van der Waals surface area contributed by atoms with E-state index in [1.54, 1.807) is 0 Å². The molecule has 0 aliphatic rings. The number of carbonyl (C=O) groups excluding carboxylic acids is 2. The summed E-state index contributed by atoms with van der Waals surface area (Å²) in [5.74, 6) is -1.37. The molecule has 0 radical (unpaired) electrons. The highest BCUT2D eigenvalue weighted by atomic mass is 16.5. The van der Waals surface area contributed by atoms with Gasteiger partial charge in [0.05, 0.1) is 0 Å². The van der Waals surface area contributed by atoms with Crippen molar-refractivity contribution < 1.29 is 24.2 Å². The molecule has 0 spiro atoms. The first-order valence-electron chi connectivity index (χ1n) is 17.8. The highest BCUT2D eigenvalue weighted by molar-refractivity contribution is 5.80. The van der Waals surface area contributed by atoms with Crippen molar-refractivity contribution in [1.29, 1.82) is 0 Å². The zero-order valence-electron chi connectivity index (χ0n) is 28.2. The summed E-state index contributed by atoms with van der Waals surface area (Å²) in [4.78, 5) is 34.7. The molecule has 0 bridgehead atoms. The maximum absolute atomic E-state index is 12.5. The van der Waals surface area contributed by atoms with E-state index in [2.05, 4.69) is 61.7 Å². The second kappa shape index (κ2) is 33.3. The third-order valence-electron chi connectivity index (χ3n) is 7.44. The van der Waals surface area contributed by atoms with Gasteiger partial charge in [-0.15, -0.1) is 0 Å². The van der Waals surface area contributed by atoms with Gasteiger partial charge in [-0.1, -0.05) is 121 Å². The Morgan fingerprint density at radius 3 is 1.80 bits per heavy atom. The summed E-state index contributed by atoms with van der Waals surface area (Å²) < 4.78 is 5.83. The Labute approximate surface area is 269 Å². The molecule has 1 amide bonds. The number of carbonyl (C=O) groups is 3. The van der Waals surface area contributed by atoms with Gasteiger partial charge >= 0.3 is 11.9 Å². The van der Waals surface area contributed by atoms with E-state index in [9.17, 15) is 14.4 Å². The standard InChI is InChI=1S/C38H65NO5/c1-3-5-7-9-11-12-13-14-15-16-17-18-19-20-21-23-29-33-38(43)44-35(30-26-22-10-8-6-4-2)31-27-24-25-28-32-36(40)39-34-37(41)42/h8,10-12,14-15,26,30,35H,3-7,9,13,16-25,27-29,31-34H2,1-2H3,(H,39,40)(H,41,42)/b10-8-,12-11-,15-14-,30-26-. The maximum Gasteiger partial charge on any atom is 0.322 e. The number of nitrogens with one attached hydrogen (secondary N) is 1. The van der Waals surface area contributed by atoms with Crippen LogP contribution in [0.15, 0.2) is 48.6 Å². The quantitative estimate of drug-likeness (QED) is 0.0460. The molecule has 1 atom stereocenters. The van der Waals surface area contributed by atoms with Gasteiger partial charge in [-0.05, 0) is 76.7 Å². The summed E-state index contributed by atoms with van der Waals surface area (Å²) >= 11 is 0. The average Bonchev–Trinajstić information content (AvgIpc) is 3.00. The number of unbranched alkanes of at least 4 members (excludes halogenated alkanes) is 14. The Kier molecular flexibility index (Phi) is 31.3. The molecule has 0 aromatic heterocycles. The van der Waals surface area contributed by atoms with Crippen LogP contribution in [0.1, 0.15) is 162 Å². The van der Waals surface area contributed by atoms with Crippen LogP contribution in [0, 0.1) is 0 Å². The van der Waals surface area contributed by atoms with Gasteiger partial charge in [0.25, 0.3) is 0 Å². The molecule has 0 heterocycles. The fraction of sp³-hybridized carbons (Fsp3) is 0.711. The molecule has 0 fully saturated rings. The predicted molar refractivity (Wildman–Crippen MR) is 185 cm³/mol. The van der Waals surface area contributed by atoms with E-state index in [4.69, 9.17) is 9.84 Å². The highest BCUT2D eigenvalue weighted by Crippen LogP contribution is 2.15. The zero-order chi connectivity index (χ0) is 32.4. The minimum absolute atomic E-state index is 0.112. The van der Waals surface area contributed by atoms with Gasteiger partial charge in [0, 0.05) is 12.8 Å². The van der Waals surface area contributed by atoms with E-state index in [1.807, 2.05) is 6.08 Å². The number of carboxylic acids is 1. The van der Waals surface area contributed by atoms with Crippen molar-refractivity contribution in [3.05, 3.63) is 48.6 Å². The maximum atomic E-state index is 12.5. The van der Waals surface area contributed by atoms with E-state index >= 15 is 0 Å². The minimum atomic E-state index is -1.03. The Morgan fingerprint density at radius 1 is 0.614 bits per heavy atom. The molecule has 6 nitrogen and oxygen atoms in total. The lowest BCUT2D eigenvalue weighted by Gasteiger charge is -2.14. The van der Waals surface area contributed by atoms with Gasteiger partial charge in [-0.3, -0.25) is 14.4 Å². The second-order valence-corrected chi connectivity index (χ2v) is 11.8. The van der Waals surface area contributed by atoms with Crippen molar-refractivity contribution in [2.75, 3.05) is 6.54 Å². The molecular weight excluding hydrogens is 550 g/mol. The summed E-state index contributed by atoms with van der Waals surface area (Å²) in [5, 5.41) is 11.0. The molecule has 1 unspecified atom stereocenters. The Hall–Kier alpha value is -2.63. The first-order valence-corrected chi connectivity index (χ1v) is 17.8. The molecule has 0 rings (SSSR count). The summed E-state index contributed by atoms with van der Waals surface area (Å²) in [6.45, 7) is 4.07. The fourth-order valence-corrected chi connectivity index (χ4v) is 4.79. The SMILES string of the molecule is CCC/C=C\C/C=C\C(CCCCCCC(=O)NCC(=O)O)OC(=O)CCCCCCCCC/C=C\C/C=C\CCCCC. The van der Waals surface area contributed by atoms with Crippen LogP contribution in [0.3, 0.4) is 0 Å². The van der Waals surface area contributed by atoms with Crippen molar-refractivity contribution >= 4 is 17.8 Å². The monoisotopic (exact) mass is 615 g/mol. The van der Waals surface area contributed by atoms with E-state index in [1.165, 1.54) is 64.2 Å². The van der Waals surface area contributed by atoms with Gasteiger partial charge in [0.1, 0.15) is 12.6 Å². The van der Waals surface area contributed by atoms with Gasteiger partial charge in [-0.25, -0.2) is 0 Å². The van der Waals surface area contributed by atoms with Crippen molar-refractivity contribution in [3.63, 3.8) is 0 Å². The molecule has 252 valence electrons. The molecule has 0 aromatic carbocycles. The lowest BCUT2D eigenvalue weighted by atomic mass is 10.1. The predicted octanol–water partition coefficient (Wildman–Crippen LogP) is 10.3. The third-order valence-corrected chi connectivity index (χ3v) is 7.44. The first-order chi connectivity index (χ1) is 21.5.